The van der Waals surface area contributed by atoms with E-state index >= 15 is 0 Å². The fourth-order valence-corrected chi connectivity index (χ4v) is 6.52. The topological polar surface area (TPSA) is 38.4 Å². The van der Waals surface area contributed by atoms with Gasteiger partial charge in [-0.15, -0.1) is 11.3 Å². The lowest BCUT2D eigenvalue weighted by Gasteiger charge is -2.31. The van der Waals surface area contributed by atoms with E-state index in [0.717, 1.165) is 24.1 Å². The number of hydrogen-bond acceptors (Lipinski definition) is 3. The van der Waals surface area contributed by atoms with Crippen molar-refractivity contribution in [3.8, 4) is 5.00 Å². The third-order valence-corrected chi connectivity index (χ3v) is 7.86. The lowest BCUT2D eigenvalue weighted by molar-refractivity contribution is 0.0657. The highest BCUT2D eigenvalue weighted by molar-refractivity contribution is 7.15. The summed E-state index contributed by atoms with van der Waals surface area (Å²) in [4.78, 5) is 17.2. The number of benzene rings is 1. The van der Waals surface area contributed by atoms with Gasteiger partial charge in [-0.1, -0.05) is 29.8 Å². The molecule has 0 radical (unpaired) electrons. The maximum atomic E-state index is 13.7. The standard InChI is InChI=1S/C26H24N2O2S/c1-17-7-4-8-18(15-17)24-21-10-5-13-27(21)26-20(19-9-2-3-12-23(19)31-26)16-28(24)25(29)22-11-6-14-30-22/h4-8,10-11,13-15,24H,2-3,9,12,16H2,1H3/t24-/m0/s1. The van der Waals surface area contributed by atoms with Gasteiger partial charge in [0.15, 0.2) is 5.76 Å². The van der Waals surface area contributed by atoms with Crippen molar-refractivity contribution in [2.24, 2.45) is 0 Å². The predicted octanol–water partition coefficient (Wildman–Crippen LogP) is 6.06. The molecule has 0 unspecified atom stereocenters. The molecule has 0 bridgehead atoms. The van der Waals surface area contributed by atoms with Crippen LogP contribution >= 0.6 is 11.3 Å². The predicted molar refractivity (Wildman–Crippen MR) is 122 cm³/mol. The molecule has 2 aliphatic rings. The molecule has 0 spiro atoms. The molecule has 1 aliphatic carbocycles. The number of aryl methyl sites for hydroxylation is 2. The molecule has 4 nitrogen and oxygen atoms in total. The molecule has 3 aromatic heterocycles. The molecule has 6 rings (SSSR count). The van der Waals surface area contributed by atoms with Crippen LogP contribution in [0.4, 0.5) is 0 Å². The molecule has 1 amide bonds. The summed E-state index contributed by atoms with van der Waals surface area (Å²) in [6.07, 6.45) is 8.47. The molecule has 0 N–H and O–H groups in total. The highest BCUT2D eigenvalue weighted by atomic mass is 32.1. The van der Waals surface area contributed by atoms with Gasteiger partial charge in [-0.2, -0.15) is 0 Å². The second-order valence-electron chi connectivity index (χ2n) is 8.52. The Hall–Kier alpha value is -3.05. The fourth-order valence-electron chi connectivity index (χ4n) is 5.12. The molecule has 156 valence electrons. The van der Waals surface area contributed by atoms with Gasteiger partial charge in [-0.3, -0.25) is 4.79 Å². The Balaban J connectivity index is 1.59. The molecule has 4 heterocycles. The molecule has 1 aromatic carbocycles. The van der Waals surface area contributed by atoms with E-state index in [4.69, 9.17) is 4.42 Å². The van der Waals surface area contributed by atoms with E-state index in [9.17, 15) is 4.79 Å². The monoisotopic (exact) mass is 428 g/mol. The quantitative estimate of drug-likeness (QED) is 0.389. The second-order valence-corrected chi connectivity index (χ2v) is 9.61. The molecule has 0 saturated carbocycles. The van der Waals surface area contributed by atoms with E-state index in [1.807, 2.05) is 16.2 Å². The number of thiophene rings is 1. The van der Waals surface area contributed by atoms with Crippen molar-refractivity contribution in [2.45, 2.75) is 45.2 Å². The zero-order valence-electron chi connectivity index (χ0n) is 17.5. The van der Waals surface area contributed by atoms with Crippen molar-refractivity contribution < 1.29 is 9.21 Å². The van der Waals surface area contributed by atoms with Crippen molar-refractivity contribution in [1.29, 1.82) is 0 Å². The minimum Gasteiger partial charge on any atom is -0.459 e. The lowest BCUT2D eigenvalue weighted by atomic mass is 9.94. The van der Waals surface area contributed by atoms with E-state index < -0.39 is 0 Å². The summed E-state index contributed by atoms with van der Waals surface area (Å²) in [7, 11) is 0. The molecule has 5 heteroatoms. The third kappa shape index (κ3) is 2.99. The zero-order chi connectivity index (χ0) is 20.9. The van der Waals surface area contributed by atoms with Crippen molar-refractivity contribution in [3.63, 3.8) is 0 Å². The molecule has 0 saturated heterocycles. The Morgan fingerprint density at radius 2 is 1.97 bits per heavy atom. The number of fused-ring (bicyclic) bond motifs is 5. The summed E-state index contributed by atoms with van der Waals surface area (Å²) >= 11 is 1.91. The first-order chi connectivity index (χ1) is 15.2. The second kappa shape index (κ2) is 7.27. The van der Waals surface area contributed by atoms with Gasteiger partial charge >= 0.3 is 0 Å². The van der Waals surface area contributed by atoms with Crippen molar-refractivity contribution in [1.82, 2.24) is 9.47 Å². The smallest absolute Gasteiger partial charge is 0.290 e. The molecular formula is C26H24N2O2S. The highest BCUT2D eigenvalue weighted by Gasteiger charge is 2.37. The van der Waals surface area contributed by atoms with Crippen LogP contribution in [0.1, 0.15) is 62.3 Å². The van der Waals surface area contributed by atoms with Gasteiger partial charge in [0.2, 0.25) is 0 Å². The first-order valence-corrected chi connectivity index (χ1v) is 11.7. The Morgan fingerprint density at radius 3 is 2.81 bits per heavy atom. The molecular weight excluding hydrogens is 404 g/mol. The Labute approximate surface area is 185 Å². The average molecular weight is 429 g/mol. The van der Waals surface area contributed by atoms with E-state index in [1.54, 1.807) is 18.4 Å². The maximum absolute atomic E-state index is 13.7. The van der Waals surface area contributed by atoms with Crippen LogP contribution in [0.3, 0.4) is 0 Å². The normalized spacial score (nSPS) is 17.6. The summed E-state index contributed by atoms with van der Waals surface area (Å²) < 4.78 is 7.87. The van der Waals surface area contributed by atoms with Crippen LogP contribution in [-0.2, 0) is 19.4 Å². The van der Waals surface area contributed by atoms with Gasteiger partial charge in [-0.05, 0) is 68.0 Å². The molecule has 4 aromatic rings. The van der Waals surface area contributed by atoms with Crippen molar-refractivity contribution in [3.05, 3.63) is 99.6 Å². The van der Waals surface area contributed by atoms with Crippen molar-refractivity contribution in [2.75, 3.05) is 0 Å². The molecule has 1 aliphatic heterocycles. The van der Waals surface area contributed by atoms with E-state index in [0.29, 0.717) is 12.3 Å². The SMILES string of the molecule is Cc1cccc([C@H]2c3cccn3-c3sc4c(c3CN2C(=O)c2ccco2)CCCC4)c1. The third-order valence-electron chi connectivity index (χ3n) is 6.53. The van der Waals surface area contributed by atoms with E-state index in [-0.39, 0.29) is 11.9 Å². The minimum atomic E-state index is -0.175. The first kappa shape index (κ1) is 18.7. The number of aromatic nitrogens is 1. The number of carbonyl (C=O) groups excluding carboxylic acids is 1. The Morgan fingerprint density at radius 1 is 1.06 bits per heavy atom. The van der Waals surface area contributed by atoms with Gasteiger partial charge in [0.1, 0.15) is 5.00 Å². The summed E-state index contributed by atoms with van der Waals surface area (Å²) in [5, 5.41) is 1.28. The minimum absolute atomic E-state index is 0.0622. The number of furan rings is 1. The van der Waals surface area contributed by atoms with Crippen LogP contribution in [0.2, 0.25) is 0 Å². The van der Waals surface area contributed by atoms with Crippen molar-refractivity contribution >= 4 is 17.2 Å². The molecule has 31 heavy (non-hydrogen) atoms. The number of hydrogen-bond donors (Lipinski definition) is 0. The van der Waals surface area contributed by atoms with Crippen LogP contribution in [0.5, 0.6) is 0 Å². The zero-order valence-corrected chi connectivity index (χ0v) is 18.3. The highest BCUT2D eigenvalue weighted by Crippen LogP contribution is 2.44. The van der Waals surface area contributed by atoms with Gasteiger partial charge in [0.25, 0.3) is 5.91 Å². The van der Waals surface area contributed by atoms with Gasteiger partial charge in [0.05, 0.1) is 24.5 Å². The van der Waals surface area contributed by atoms with Crippen LogP contribution in [0.25, 0.3) is 5.00 Å². The van der Waals surface area contributed by atoms with Crippen LogP contribution < -0.4 is 0 Å². The number of nitrogens with zero attached hydrogens (tertiary/aromatic N) is 2. The average Bonchev–Trinajstić information content (AvgIpc) is 3.52. The fraction of sp³-hybridized carbons (Fsp3) is 0.269. The van der Waals surface area contributed by atoms with Gasteiger partial charge in [0, 0.05) is 16.6 Å². The molecule has 1 atom stereocenters. The summed E-state index contributed by atoms with van der Waals surface area (Å²) in [5.74, 6) is 0.330. The largest absolute Gasteiger partial charge is 0.459 e. The van der Waals surface area contributed by atoms with Crippen LogP contribution in [-0.4, -0.2) is 15.4 Å². The summed E-state index contributed by atoms with van der Waals surface area (Å²) in [6.45, 7) is 2.70. The lowest BCUT2D eigenvalue weighted by Crippen LogP contribution is -2.34. The Kier molecular flexibility index (Phi) is 4.39. The summed E-state index contributed by atoms with van der Waals surface area (Å²) in [6, 6.07) is 16.1. The summed E-state index contributed by atoms with van der Waals surface area (Å²) in [5.41, 5.74) is 6.23. The number of rotatable bonds is 2. The van der Waals surface area contributed by atoms with Crippen LogP contribution in [0, 0.1) is 6.92 Å². The maximum Gasteiger partial charge on any atom is 0.290 e. The van der Waals surface area contributed by atoms with E-state index in [1.165, 1.54) is 39.4 Å². The van der Waals surface area contributed by atoms with E-state index in [2.05, 4.69) is 54.1 Å². The van der Waals surface area contributed by atoms with Gasteiger partial charge < -0.3 is 13.9 Å². The Bertz CT molecular complexity index is 1260. The first-order valence-electron chi connectivity index (χ1n) is 10.9. The van der Waals surface area contributed by atoms with Crippen LogP contribution in [0.15, 0.2) is 65.4 Å². The van der Waals surface area contributed by atoms with Gasteiger partial charge in [-0.25, -0.2) is 0 Å². The number of amides is 1. The molecule has 0 fully saturated rings. The number of carbonyl (C=O) groups is 1.